The normalized spacial score (nSPS) is 15.3. The number of hydrogen-bond acceptors (Lipinski definition) is 2. The molecular formula is C51H61ClN2. The fourth-order valence-electron chi connectivity index (χ4n) is 8.56. The molecule has 0 heterocycles. The highest BCUT2D eigenvalue weighted by Gasteiger charge is 2.26. The van der Waals surface area contributed by atoms with Gasteiger partial charge in [-0.2, -0.15) is 0 Å². The first-order valence-corrected chi connectivity index (χ1v) is 21.1. The Morgan fingerprint density at radius 2 is 0.741 bits per heavy atom. The van der Waals surface area contributed by atoms with Crippen LogP contribution in [0.5, 0.6) is 0 Å². The van der Waals surface area contributed by atoms with Gasteiger partial charge in [-0.3, -0.25) is 0 Å². The first-order chi connectivity index (χ1) is 25.9. The Morgan fingerprint density at radius 3 is 1.11 bits per heavy atom. The summed E-state index contributed by atoms with van der Waals surface area (Å²) in [4.78, 5) is 4.82. The van der Waals surface area contributed by atoms with Crippen molar-refractivity contribution in [3.8, 4) is 0 Å². The van der Waals surface area contributed by atoms with E-state index in [1.165, 1.54) is 115 Å². The van der Waals surface area contributed by atoms with Crippen molar-refractivity contribution in [3.05, 3.63) is 141 Å². The van der Waals surface area contributed by atoms with E-state index in [0.29, 0.717) is 0 Å². The lowest BCUT2D eigenvalue weighted by molar-refractivity contribution is 0.590. The Labute approximate surface area is 331 Å². The quantitative estimate of drug-likeness (QED) is 0.171. The van der Waals surface area contributed by atoms with E-state index in [0.717, 1.165) is 40.6 Å². The van der Waals surface area contributed by atoms with Gasteiger partial charge in [0.05, 0.1) is 16.4 Å². The van der Waals surface area contributed by atoms with Crippen LogP contribution in [0.2, 0.25) is 5.02 Å². The van der Waals surface area contributed by atoms with Gasteiger partial charge < -0.3 is 9.80 Å². The molecule has 0 spiro atoms. The van der Waals surface area contributed by atoms with Crippen molar-refractivity contribution in [3.63, 3.8) is 0 Å². The van der Waals surface area contributed by atoms with Crippen LogP contribution in [0.25, 0.3) is 0 Å². The van der Waals surface area contributed by atoms with Crippen molar-refractivity contribution in [2.75, 3.05) is 9.80 Å². The second kappa shape index (κ2) is 16.0. The molecule has 0 unspecified atom stereocenters. The van der Waals surface area contributed by atoms with E-state index in [1.54, 1.807) is 0 Å². The molecule has 0 aliphatic heterocycles. The van der Waals surface area contributed by atoms with Crippen LogP contribution in [0.1, 0.15) is 132 Å². The number of rotatable bonds is 6. The fraction of sp³-hybridized carbons (Fsp3) is 0.412. The van der Waals surface area contributed by atoms with E-state index < -0.39 is 0 Å². The van der Waals surface area contributed by atoms with Crippen LogP contribution < -0.4 is 9.80 Å². The Bertz CT molecular complexity index is 1940. The summed E-state index contributed by atoms with van der Waals surface area (Å²) in [6.07, 6.45) is 15.0. The molecule has 282 valence electrons. The van der Waals surface area contributed by atoms with Crippen LogP contribution in [0.4, 0.5) is 34.1 Å². The van der Waals surface area contributed by atoms with Crippen molar-refractivity contribution >= 4 is 45.7 Å². The van der Waals surface area contributed by atoms with E-state index in [4.69, 9.17) is 11.6 Å². The number of anilines is 6. The largest absolute Gasteiger partial charge is 0.309 e. The van der Waals surface area contributed by atoms with Gasteiger partial charge in [-0.05, 0) is 169 Å². The second-order valence-electron chi connectivity index (χ2n) is 18.1. The maximum atomic E-state index is 7.88. The number of halogens is 1. The van der Waals surface area contributed by atoms with E-state index in [1.807, 2.05) is 0 Å². The number of fused-ring (bicyclic) bond motifs is 2. The zero-order valence-corrected chi connectivity index (χ0v) is 34.8. The molecule has 0 saturated heterocycles. The third-order valence-corrected chi connectivity index (χ3v) is 12.2. The van der Waals surface area contributed by atoms with Gasteiger partial charge >= 0.3 is 0 Å². The van der Waals surface area contributed by atoms with Crippen LogP contribution in [0, 0.1) is 6.92 Å². The van der Waals surface area contributed by atoms with E-state index in [-0.39, 0.29) is 10.8 Å². The summed E-state index contributed by atoms with van der Waals surface area (Å²) < 4.78 is 0. The Balaban J connectivity index is 1.42. The third kappa shape index (κ3) is 8.45. The topological polar surface area (TPSA) is 6.48 Å². The molecular weight excluding hydrogens is 676 g/mol. The number of benzene rings is 5. The molecule has 5 aromatic carbocycles. The van der Waals surface area contributed by atoms with Crippen molar-refractivity contribution in [1.29, 1.82) is 0 Å². The fourth-order valence-corrected chi connectivity index (χ4v) is 8.83. The average Bonchev–Trinajstić information content (AvgIpc) is 3.11. The number of nitrogens with zero attached hydrogens (tertiary/aromatic N) is 2. The zero-order valence-electron chi connectivity index (χ0n) is 34.0. The molecule has 0 saturated carbocycles. The summed E-state index contributed by atoms with van der Waals surface area (Å²) in [5.74, 6) is 0. The summed E-state index contributed by atoms with van der Waals surface area (Å²) in [6.45, 7) is 15.9. The lowest BCUT2D eigenvalue weighted by Gasteiger charge is -2.33. The minimum absolute atomic E-state index is 0.0619. The summed E-state index contributed by atoms with van der Waals surface area (Å²) in [5.41, 5.74) is 16.5. The molecule has 0 atom stereocenters. The second-order valence-corrected chi connectivity index (χ2v) is 18.5. The van der Waals surface area contributed by atoms with Crippen molar-refractivity contribution in [2.45, 2.75) is 136 Å². The Hall–Kier alpha value is -4.01. The van der Waals surface area contributed by atoms with Crippen LogP contribution in [0.3, 0.4) is 0 Å². The molecule has 0 amide bonds. The molecule has 0 radical (unpaired) electrons. The monoisotopic (exact) mass is 736 g/mol. The van der Waals surface area contributed by atoms with Crippen molar-refractivity contribution in [2.24, 2.45) is 0 Å². The molecule has 7 rings (SSSR count). The maximum absolute atomic E-state index is 7.88. The predicted octanol–water partition coefficient (Wildman–Crippen LogP) is 15.5. The molecule has 2 nitrogen and oxygen atoms in total. The molecule has 0 N–H and O–H groups in total. The summed E-state index contributed by atoms with van der Waals surface area (Å²) >= 11 is 7.88. The highest BCUT2D eigenvalue weighted by atomic mass is 35.5. The van der Waals surface area contributed by atoms with Crippen LogP contribution in [-0.4, -0.2) is 0 Å². The van der Waals surface area contributed by atoms with Gasteiger partial charge in [0.2, 0.25) is 0 Å². The van der Waals surface area contributed by atoms with Crippen LogP contribution >= 0.6 is 11.6 Å². The predicted molar refractivity (Wildman–Crippen MR) is 235 cm³/mol. The first-order valence-electron chi connectivity index (χ1n) is 20.7. The average molecular weight is 738 g/mol. The van der Waals surface area contributed by atoms with Crippen molar-refractivity contribution < 1.29 is 0 Å². The highest BCUT2D eigenvalue weighted by molar-refractivity contribution is 6.36. The zero-order chi connectivity index (χ0) is 38.0. The van der Waals surface area contributed by atoms with Gasteiger partial charge in [-0.25, -0.2) is 0 Å². The highest BCUT2D eigenvalue weighted by Crippen LogP contribution is 2.48. The van der Waals surface area contributed by atoms with Gasteiger partial charge in [0, 0.05) is 22.7 Å². The summed E-state index contributed by atoms with van der Waals surface area (Å²) in [7, 11) is 0. The van der Waals surface area contributed by atoms with E-state index in [9.17, 15) is 0 Å². The lowest BCUT2D eigenvalue weighted by atomic mass is 9.86. The maximum Gasteiger partial charge on any atom is 0.0887 e. The van der Waals surface area contributed by atoms with Crippen LogP contribution in [-0.2, 0) is 36.5 Å². The SMILES string of the molecule is Cc1cc(N(c2ccc(C(C)(C)C)cc2)c2ccc(C(C)(C)C)cc2)c(Cl)c(N(c2ccc3c(c2)CCCCCC3)c2ccc3c(c2)CCCCCC3)c1. The van der Waals surface area contributed by atoms with Crippen molar-refractivity contribution in [1.82, 2.24) is 0 Å². The molecule has 3 heteroatoms. The number of hydrogen-bond donors (Lipinski definition) is 0. The Kier molecular flexibility index (Phi) is 11.3. The molecule has 2 aliphatic carbocycles. The molecule has 0 bridgehead atoms. The van der Waals surface area contributed by atoms with Gasteiger partial charge in [-0.15, -0.1) is 0 Å². The van der Waals surface area contributed by atoms with E-state index in [2.05, 4.69) is 155 Å². The Morgan fingerprint density at radius 1 is 0.407 bits per heavy atom. The first kappa shape index (κ1) is 38.3. The third-order valence-electron chi connectivity index (χ3n) is 11.8. The molecule has 0 aromatic heterocycles. The van der Waals surface area contributed by atoms with E-state index >= 15 is 0 Å². The minimum Gasteiger partial charge on any atom is -0.309 e. The summed E-state index contributed by atoms with van der Waals surface area (Å²) in [5, 5.41) is 0.749. The molecule has 54 heavy (non-hydrogen) atoms. The molecule has 0 fully saturated rings. The van der Waals surface area contributed by atoms with Crippen LogP contribution in [0.15, 0.2) is 97.1 Å². The number of aryl methyl sites for hydroxylation is 5. The smallest absolute Gasteiger partial charge is 0.0887 e. The van der Waals surface area contributed by atoms with Gasteiger partial charge in [0.25, 0.3) is 0 Å². The van der Waals surface area contributed by atoms with Gasteiger partial charge in [0.15, 0.2) is 0 Å². The molecule has 5 aromatic rings. The minimum atomic E-state index is 0.0619. The standard InChI is InChI=1S/C51H61ClN2/c1-36-32-47(53(43-28-22-41(23-29-43)50(2,3)4)44-30-24-42(25-31-44)51(5,6)7)49(52)48(33-36)54(45-26-20-37-16-12-8-10-14-18-39(37)34-45)46-27-21-38-17-13-9-11-15-19-40(38)35-46/h20-35H,8-19H2,1-7H3. The van der Waals surface area contributed by atoms with Gasteiger partial charge in [-0.1, -0.05) is 115 Å². The van der Waals surface area contributed by atoms with Gasteiger partial charge in [0.1, 0.15) is 0 Å². The molecule has 2 aliphatic rings. The lowest BCUT2D eigenvalue weighted by Crippen LogP contribution is -2.17. The summed E-state index contributed by atoms with van der Waals surface area (Å²) in [6, 6.07) is 37.2.